The van der Waals surface area contributed by atoms with E-state index in [0.29, 0.717) is 143 Å². The van der Waals surface area contributed by atoms with Gasteiger partial charge in [0.25, 0.3) is 0 Å². The lowest BCUT2D eigenvalue weighted by atomic mass is 9.92. The van der Waals surface area contributed by atoms with Crippen LogP contribution in [0.1, 0.15) is 108 Å². The van der Waals surface area contributed by atoms with Crippen LogP contribution < -0.4 is 85.3 Å². The smallest absolute Gasteiger partial charge is 0.203 e. The van der Waals surface area contributed by atoms with Gasteiger partial charge in [-0.25, -0.2) is 0 Å². The molecule has 3 aliphatic heterocycles. The fourth-order valence-electron chi connectivity index (χ4n) is 12.7. The minimum atomic E-state index is -0.265. The first kappa shape index (κ1) is 73.2. The van der Waals surface area contributed by atoms with Crippen molar-refractivity contribution < 1.29 is 114 Å². The van der Waals surface area contributed by atoms with E-state index in [1.807, 2.05) is 54.6 Å². The lowest BCUT2D eigenvalue weighted by Crippen LogP contribution is -2.22. The predicted molar refractivity (Wildman–Crippen MR) is 364 cm³/mol. The van der Waals surface area contributed by atoms with Crippen LogP contribution in [0.4, 0.5) is 0 Å². The Kier molecular flexibility index (Phi) is 27.0. The number of hydrogen-bond acceptors (Lipinski definition) is 24. The van der Waals surface area contributed by atoms with Gasteiger partial charge in [0, 0.05) is 55.8 Å². The van der Waals surface area contributed by atoms with Gasteiger partial charge >= 0.3 is 0 Å². The van der Waals surface area contributed by atoms with Crippen molar-refractivity contribution in [2.24, 2.45) is 0 Å². The van der Waals surface area contributed by atoms with Gasteiger partial charge in [-0.2, -0.15) is 0 Å². The van der Waals surface area contributed by atoms with Crippen LogP contribution in [0.3, 0.4) is 0 Å². The number of fused-ring (bicyclic) bond motifs is 3. The van der Waals surface area contributed by atoms with E-state index in [1.54, 1.807) is 85.3 Å². The molecule has 3 unspecified atom stereocenters. The molecule has 3 fully saturated rings. The Morgan fingerprint density at radius 3 is 0.687 bits per heavy atom. The summed E-state index contributed by atoms with van der Waals surface area (Å²) in [6.45, 7) is 3.33. The van der Waals surface area contributed by atoms with E-state index in [1.165, 1.54) is 0 Å². The first-order valence-corrected chi connectivity index (χ1v) is 33.6. The second-order valence-corrected chi connectivity index (χ2v) is 23.7. The van der Waals surface area contributed by atoms with Crippen LogP contribution in [0.15, 0.2) is 54.6 Å². The van der Waals surface area contributed by atoms with Crippen LogP contribution in [0.25, 0.3) is 0 Å². The van der Waals surface area contributed by atoms with Gasteiger partial charge in [-0.15, -0.1) is 0 Å². The van der Waals surface area contributed by atoms with Crippen LogP contribution in [0.5, 0.6) is 103 Å². The fraction of sp³-hybridized carbons (Fsp3) is 0.520. The normalized spacial score (nSPS) is 16.5. The van der Waals surface area contributed by atoms with E-state index in [2.05, 4.69) is 0 Å². The van der Waals surface area contributed by atoms with Crippen LogP contribution in [-0.2, 0) is 67.5 Å². The molecule has 0 radical (unpaired) electrons. The maximum Gasteiger partial charge on any atom is 0.203 e. The highest BCUT2D eigenvalue weighted by molar-refractivity contribution is 5.69. The van der Waals surface area contributed by atoms with Crippen LogP contribution in [0, 0.1) is 0 Å². The third-order valence-corrected chi connectivity index (χ3v) is 17.6. The van der Waals surface area contributed by atoms with Crippen LogP contribution in [-0.4, -0.2) is 164 Å². The largest absolute Gasteiger partial charge is 0.493 e. The van der Waals surface area contributed by atoms with E-state index in [4.69, 9.17) is 114 Å². The Morgan fingerprint density at radius 2 is 0.485 bits per heavy atom. The number of benzene rings is 6. The van der Waals surface area contributed by atoms with E-state index < -0.39 is 0 Å². The molecule has 0 N–H and O–H groups in total. The molecule has 1 aliphatic carbocycles. The van der Waals surface area contributed by atoms with Crippen molar-refractivity contribution in [3.05, 3.63) is 105 Å². The molecule has 0 saturated carbocycles. The summed E-state index contributed by atoms with van der Waals surface area (Å²) in [4.78, 5) is 0. The molecule has 4 aliphatic rings. The van der Waals surface area contributed by atoms with Gasteiger partial charge < -0.3 is 114 Å². The average molecular weight is 1380 g/mol. The molecule has 3 atom stereocenters. The maximum absolute atomic E-state index is 6.69. The molecular formula is C75H96O24. The lowest BCUT2D eigenvalue weighted by molar-refractivity contribution is -0.169. The van der Waals surface area contributed by atoms with Gasteiger partial charge in [0.15, 0.2) is 87.9 Å². The van der Waals surface area contributed by atoms with Crippen molar-refractivity contribution in [1.29, 1.82) is 0 Å². The fourth-order valence-corrected chi connectivity index (χ4v) is 12.7. The third-order valence-electron chi connectivity index (χ3n) is 17.6. The van der Waals surface area contributed by atoms with Gasteiger partial charge in [0.1, 0.15) is 39.6 Å². The molecule has 0 bridgehead atoms. The number of rotatable bonds is 36. The molecule has 0 amide bonds. The molecule has 0 aromatic heterocycles. The highest BCUT2D eigenvalue weighted by Crippen LogP contribution is 2.52. The molecule has 99 heavy (non-hydrogen) atoms. The predicted octanol–water partition coefficient (Wildman–Crippen LogP) is 12.4. The van der Waals surface area contributed by atoms with E-state index in [-0.39, 0.29) is 77.8 Å². The monoisotopic (exact) mass is 1380 g/mol. The van der Waals surface area contributed by atoms with Crippen molar-refractivity contribution in [1.82, 2.24) is 0 Å². The minimum Gasteiger partial charge on any atom is -0.493 e. The van der Waals surface area contributed by atoms with Crippen molar-refractivity contribution >= 4 is 0 Å². The summed E-state index contributed by atoms with van der Waals surface area (Å²) < 4.78 is 148. The summed E-state index contributed by atoms with van der Waals surface area (Å²) in [5.74, 6) is 7.55. The summed E-state index contributed by atoms with van der Waals surface area (Å²) in [6.07, 6.45) is 8.82. The van der Waals surface area contributed by atoms with Crippen molar-refractivity contribution in [3.63, 3.8) is 0 Å². The Balaban J connectivity index is 0.966. The number of methoxy groups -OCH3 is 12. The molecule has 3 heterocycles. The van der Waals surface area contributed by atoms with Gasteiger partial charge in [-0.3, -0.25) is 0 Å². The first-order chi connectivity index (χ1) is 48.5. The SMILES string of the molecule is COc1cc(COC2CCCCO2)cc(OC)c1OCCOc1c(OC)cc2c(c1OC)Cc1cc(OC)c(OCCOc3c(OC)cc(COC4CCCCO4)cc3OC)c(OC)c1Cc1cc(OC)c(OCCOc3c(OC)cc(COC4CCCCO4)cc3OC)c(OC)c1C2. The summed E-state index contributed by atoms with van der Waals surface area (Å²) in [5, 5.41) is 0. The molecule has 24 nitrogen and oxygen atoms in total. The van der Waals surface area contributed by atoms with Crippen LogP contribution in [0.2, 0.25) is 0 Å². The van der Waals surface area contributed by atoms with Crippen molar-refractivity contribution in [3.8, 4) is 103 Å². The number of ether oxygens (including phenoxy) is 24. The zero-order chi connectivity index (χ0) is 69.6. The topological polar surface area (TPSA) is 222 Å². The summed E-state index contributed by atoms with van der Waals surface area (Å²) in [6, 6.07) is 17.1. The van der Waals surface area contributed by atoms with E-state index in [9.17, 15) is 0 Å². The molecule has 10 rings (SSSR count). The van der Waals surface area contributed by atoms with E-state index >= 15 is 0 Å². The lowest BCUT2D eigenvalue weighted by Gasteiger charge is -2.23. The molecule has 540 valence electrons. The van der Waals surface area contributed by atoms with Crippen molar-refractivity contribution in [2.75, 3.05) is 145 Å². The standard InChI is InChI=1S/C75H96O24/c1-76-55-31-46(43-97-64-19-13-16-22-88-64)32-56(77-2)70(55)91-25-28-94-73-61(82-7)40-49-38-53-51(42-63(84-9)75(68(53)86-11)96-30-27-93-72-59(80-5)35-48(36-60(72)81-6)45-99-66-21-15-18-24-90-66)39-54-50(37-52(49)67(73)85-10)41-62(83-8)74(69(54)87-12)95-29-26-92-71-57(78-3)33-47(34-58(71)79-4)44-98-65-20-14-17-23-89-65/h31-36,40-42,64-66H,13-30,37-39,43-45H2,1-12H3. The third kappa shape index (κ3) is 17.9. The molecule has 0 spiro atoms. The molecule has 24 heteroatoms. The van der Waals surface area contributed by atoms with Gasteiger partial charge in [0.2, 0.25) is 34.5 Å². The van der Waals surface area contributed by atoms with Crippen LogP contribution >= 0.6 is 0 Å². The summed E-state index contributed by atoms with van der Waals surface area (Å²) in [7, 11) is 19.0. The Morgan fingerprint density at radius 1 is 0.263 bits per heavy atom. The quantitative estimate of drug-likeness (QED) is 0.0333. The maximum atomic E-state index is 6.69. The average Bonchev–Trinajstić information content (AvgIpc) is 1.69. The highest BCUT2D eigenvalue weighted by atomic mass is 16.7. The second kappa shape index (κ2) is 36.5. The molecule has 6 aromatic rings. The van der Waals surface area contributed by atoms with Gasteiger partial charge in [-0.1, -0.05) is 0 Å². The number of hydrogen-bond donors (Lipinski definition) is 0. The summed E-state index contributed by atoms with van der Waals surface area (Å²) >= 11 is 0. The Hall–Kier alpha value is -8.52. The first-order valence-electron chi connectivity index (χ1n) is 33.6. The molecular weight excluding hydrogens is 1280 g/mol. The minimum absolute atomic E-state index is 0.0529. The highest BCUT2D eigenvalue weighted by Gasteiger charge is 2.33. The Labute approximate surface area is 580 Å². The van der Waals surface area contributed by atoms with E-state index in [0.717, 1.165) is 108 Å². The molecule has 3 saturated heterocycles. The summed E-state index contributed by atoms with van der Waals surface area (Å²) in [5.41, 5.74) is 7.31. The van der Waals surface area contributed by atoms with Crippen molar-refractivity contribution in [2.45, 2.75) is 116 Å². The zero-order valence-electron chi connectivity index (χ0n) is 59.2. The second-order valence-electron chi connectivity index (χ2n) is 23.7. The van der Waals surface area contributed by atoms with Gasteiger partial charge in [-0.05, 0) is 146 Å². The van der Waals surface area contributed by atoms with Gasteiger partial charge in [0.05, 0.1) is 105 Å². The zero-order valence-corrected chi connectivity index (χ0v) is 59.2. The molecule has 6 aromatic carbocycles. The Bertz CT molecular complexity index is 3150.